The van der Waals surface area contributed by atoms with Crippen LogP contribution in [0.2, 0.25) is 0 Å². The van der Waals surface area contributed by atoms with Crippen LogP contribution in [0.25, 0.3) is 0 Å². The van der Waals surface area contributed by atoms with Gasteiger partial charge in [0.1, 0.15) is 0 Å². The first kappa shape index (κ1) is 37.5. The van der Waals surface area contributed by atoms with Gasteiger partial charge in [0.15, 0.2) is 57.5 Å². The zero-order valence-corrected chi connectivity index (χ0v) is 68.1. The van der Waals surface area contributed by atoms with Gasteiger partial charge in [-0.05, 0) is 269 Å². The van der Waals surface area contributed by atoms with E-state index in [2.05, 4.69) is 0 Å². The first-order valence-electron chi connectivity index (χ1n) is 73.7. The molecule has 0 aliphatic carbocycles. The van der Waals surface area contributed by atoms with Crippen molar-refractivity contribution in [3.8, 4) is 57.5 Å². The summed E-state index contributed by atoms with van der Waals surface area (Å²) >= 11 is 0. The molecule has 0 bridgehead atoms. The van der Waals surface area contributed by atoms with Crippen molar-refractivity contribution in [3.05, 3.63) is 116 Å². The Bertz CT molecular complexity index is 7040. The maximum Gasteiger partial charge on any atom is 0.161 e. The molecule has 20 nitrogen and oxygen atoms in total. The highest BCUT2D eigenvalue weighted by Gasteiger charge is 2.46. The van der Waals surface area contributed by atoms with Crippen molar-refractivity contribution < 1.29 is 170 Å². The molecule has 15 rings (SSSR count). The molecule has 5 N–H and O–H groups in total. The van der Waals surface area contributed by atoms with E-state index in [0.29, 0.717) is 20.3 Å². The van der Waals surface area contributed by atoms with E-state index in [4.69, 9.17) is 145 Å². The van der Waals surface area contributed by atoms with Crippen molar-refractivity contribution >= 4 is 0 Å². The third-order valence-corrected chi connectivity index (χ3v) is 21.1. The van der Waals surface area contributed by atoms with Gasteiger partial charge in [-0.2, -0.15) is 0 Å². The fraction of sp³-hybridized carbons (Fsp3) is 0.697. The number of aliphatic hydroxyl groups is 5. The van der Waals surface area contributed by atoms with E-state index in [9.17, 15) is 25.5 Å². The predicted molar refractivity (Wildman–Crippen MR) is 474 cm³/mol. The lowest BCUT2D eigenvalue weighted by atomic mass is 9.75. The Kier molecular flexibility index (Phi) is 12.5. The van der Waals surface area contributed by atoms with E-state index in [0.717, 1.165) is 54.8 Å². The molecule has 15 unspecified atom stereocenters. The van der Waals surface area contributed by atoms with Gasteiger partial charge in [0.2, 0.25) is 0 Å². The highest BCUT2D eigenvalue weighted by molar-refractivity contribution is 5.54. The van der Waals surface area contributed by atoms with Gasteiger partial charge >= 0.3 is 0 Å². The number of benzene rings is 5. The van der Waals surface area contributed by atoms with Gasteiger partial charge in [-0.15, -0.1) is 0 Å². The number of hydrogen-bond acceptors (Lipinski definition) is 20. The molecule has 0 aromatic heterocycles. The number of methoxy groups -OCH3 is 10. The maximum atomic E-state index is 11.2. The SMILES string of the molecule is [2H]c1c(OC([2H])([2H])[2H])c(OC)c([2H])c2c1C1CC(O)C(C([2H])([2H])C(C)(C([2H])([2H])[2H])C([2H])([2H])[2H])CN1C([2H])([2H])C2([2H])[2H].[2H]c1c(OC([2H])([2H])[2H])c(OC)c([2H])c2c1C1CC(O)C(C([2H])([2H])C(C)(C([2H])([2H])[2H])C([2H])([2H])[2H])CN1C([2H])([2H])C2([2H])[2H].[2H]c1c(OC([2H])([2H])[2H])c(OC)c([2H])c2c1C1CC(O)C(CC(C)C)CN1C([2H])([2H])C2([2H])[2H].[2H]c1c(OC)c(OC)c([2H])c2c1C1CC(O)C(C([2H])([2H])C(C)(C([2H])([2H])[2H])C([2H])([2H])[2H])CN1C([2H])([2H])C2([2H])[2H].[2H]c1c(OC)c(OC)c([2H])c2c1C1CC(O)C(C([2H])([2H])C(C)(C([2H])([2H])[2H])C([2H])([2H])[2H])CN1C([2H])([2H])C2([2H])[2H]. The van der Waals surface area contributed by atoms with Crippen LogP contribution in [-0.2, 0) is 31.9 Å². The molecule has 119 heavy (non-hydrogen) atoms. The summed E-state index contributed by atoms with van der Waals surface area (Å²) in [6.45, 7) is -38.0. The fourth-order valence-corrected chi connectivity index (χ4v) is 15.8. The van der Waals surface area contributed by atoms with Crippen molar-refractivity contribution in [2.75, 3.05) is 136 Å². The largest absolute Gasteiger partial charge is 0.493 e. The van der Waals surface area contributed by atoms with Gasteiger partial charge in [0.05, 0.1) is 127 Å². The van der Waals surface area contributed by atoms with Crippen LogP contribution < -0.4 is 47.4 Å². The molecule has 10 aliphatic rings. The molecule has 15 atom stereocenters. The number of hydrogen-bond donors (Lipinski definition) is 5. The summed E-state index contributed by atoms with van der Waals surface area (Å²) in [5, 5.41) is 55.4. The Hall–Kier alpha value is -6.30. The van der Waals surface area contributed by atoms with Crippen LogP contribution in [-0.4, -0.2) is 217 Å². The zero-order chi connectivity index (χ0) is 148. The summed E-state index contributed by atoms with van der Waals surface area (Å²) in [4.78, 5) is 4.58. The molecule has 5 saturated heterocycles. The minimum Gasteiger partial charge on any atom is -0.493 e. The standard InChI is InChI=1S/4C20H31NO3.C19H29NO3/c4*1-20(2,3)11-14-12-21-7-6-13-8-18(23-4)19(24-5)9-15(13)16(21)10-17(14)22;1-12(2)7-14-11-20-6-5-13-8-18(22-3)19(23-4)9-15(13)16(20)10-17(14)21/h4*8-9,14,16-17,22H,6-7,10-12H2,1-5H3;8-9,12,14,16-17,21H,5-7,10-11H2,1-4H3/i2*1D3,2D3,5D3,6D2,7D2,8D,9D,11D2;2*1D3,2D3,6D2,7D2,8D,9D,11D2;4D3,5D2,6D2,8D,9D. The molecular formula is C99H153N5O15. The highest BCUT2D eigenvalue weighted by atomic mass is 16.5. The molecule has 0 saturated carbocycles. The summed E-state index contributed by atoms with van der Waals surface area (Å²) in [5.41, 5.74) is -15.8. The normalized spacial score (nSPS) is 42.0. The summed E-state index contributed by atoms with van der Waals surface area (Å²) < 4.78 is 637. The second-order valence-electron chi connectivity index (χ2n) is 31.2. The zero-order valence-electron chi connectivity index (χ0n) is 139. The van der Waals surface area contributed by atoms with E-state index >= 15 is 0 Å². The van der Waals surface area contributed by atoms with Gasteiger partial charge in [0.25, 0.3) is 0 Å². The minimum absolute atomic E-state index is 0.0187. The summed E-state index contributed by atoms with van der Waals surface area (Å²) in [6.07, 6.45) is -37.0. The molecule has 10 aliphatic heterocycles. The average molecular weight is 1720 g/mol. The van der Waals surface area contributed by atoms with Crippen molar-refractivity contribution in [3.63, 3.8) is 0 Å². The number of fused-ring (bicyclic) bond motifs is 15. The first-order valence-corrected chi connectivity index (χ1v) is 38.2. The van der Waals surface area contributed by atoms with Gasteiger partial charge in [-0.25, -0.2) is 0 Å². The molecule has 5 aromatic rings. The lowest BCUT2D eigenvalue weighted by Gasteiger charge is -2.47. The molecule has 10 heterocycles. The topological polar surface area (TPSA) is 210 Å². The smallest absolute Gasteiger partial charge is 0.161 e. The van der Waals surface area contributed by atoms with Crippen LogP contribution >= 0.6 is 0 Å². The molecule has 20 heteroatoms. The van der Waals surface area contributed by atoms with Crippen LogP contribution in [0.3, 0.4) is 0 Å². The van der Waals surface area contributed by atoms with Crippen LogP contribution in [0, 0.1) is 57.2 Å². The number of ether oxygens (including phenoxy) is 10. The Balaban J connectivity index is 0.000000220. The van der Waals surface area contributed by atoms with E-state index in [1.165, 1.54) is 33.3 Å². The molecule has 0 radical (unpaired) electrons. The van der Waals surface area contributed by atoms with Crippen molar-refractivity contribution in [2.24, 2.45) is 57.2 Å². The van der Waals surface area contributed by atoms with Crippen molar-refractivity contribution in [1.82, 2.24) is 24.5 Å². The summed E-state index contributed by atoms with van der Waals surface area (Å²) in [7, 11) is -1.23. The van der Waals surface area contributed by atoms with Crippen LogP contribution in [0.4, 0.5) is 0 Å². The Morgan fingerprint density at radius 2 is 0.513 bits per heavy atom. The maximum absolute atomic E-state index is 11.2. The second kappa shape index (κ2) is 39.7. The third-order valence-electron chi connectivity index (χ3n) is 21.1. The highest BCUT2D eigenvalue weighted by Crippen LogP contribution is 2.52. The molecule has 0 spiro atoms. The number of piperidine rings is 5. The molecule has 5 fully saturated rings. The Labute approximate surface area is 814 Å². The van der Waals surface area contributed by atoms with E-state index < -0.39 is 452 Å². The predicted octanol–water partition coefficient (Wildman–Crippen LogP) is 16.7. The fourth-order valence-electron chi connectivity index (χ4n) is 15.8. The Morgan fingerprint density at radius 3 is 0.697 bits per heavy atom. The van der Waals surface area contributed by atoms with Gasteiger partial charge < -0.3 is 72.9 Å². The number of nitrogens with zero attached hydrogens (tertiary/aromatic N) is 5. The molecule has 5 aromatic carbocycles. The van der Waals surface area contributed by atoms with Crippen molar-refractivity contribution in [2.45, 2.75) is 253 Å². The lowest BCUT2D eigenvalue weighted by Crippen LogP contribution is -2.48. The van der Waals surface area contributed by atoms with Gasteiger partial charge in [0, 0.05) is 167 Å². The van der Waals surface area contributed by atoms with Crippen LogP contribution in [0.15, 0.2) is 60.4 Å². The quantitative estimate of drug-likeness (QED) is 0.0622. The van der Waals surface area contributed by atoms with Crippen LogP contribution in [0.1, 0.15) is 344 Å². The lowest BCUT2D eigenvalue weighted by molar-refractivity contribution is -0.0259. The van der Waals surface area contributed by atoms with Gasteiger partial charge in [-0.1, -0.05) is 96.4 Å². The monoisotopic (exact) mass is 1720 g/mol. The Morgan fingerprint density at radius 1 is 0.328 bits per heavy atom. The van der Waals surface area contributed by atoms with E-state index in [1.54, 1.807) is 0 Å². The molecular weight excluding hydrogens is 1500 g/mol. The first-order chi connectivity index (χ1) is 84.7. The summed E-state index contributed by atoms with van der Waals surface area (Å²) in [6, 6.07) is -12.4. The van der Waals surface area contributed by atoms with E-state index in [-0.39, 0.29) is 70.1 Å². The van der Waals surface area contributed by atoms with Gasteiger partial charge in [-0.3, -0.25) is 24.5 Å². The number of aliphatic hydroxyl groups excluding tert-OH is 5. The van der Waals surface area contributed by atoms with E-state index in [1.807, 2.05) is 13.8 Å². The third kappa shape index (κ3) is 22.8. The summed E-state index contributed by atoms with van der Waals surface area (Å²) in [5.74, 6) is -12.0. The average Bonchev–Trinajstić information content (AvgIpc) is 0.691. The second-order valence-corrected chi connectivity index (χ2v) is 31.2. The van der Waals surface area contributed by atoms with Crippen LogP contribution in [0.5, 0.6) is 57.5 Å². The minimum atomic E-state index is -3.41. The van der Waals surface area contributed by atoms with Crippen molar-refractivity contribution in [1.29, 1.82) is 0 Å². The molecule has 0 amide bonds. The molecule has 664 valence electrons. The number of rotatable bonds is 16.